The zero-order valence-electron chi connectivity index (χ0n) is 43.5. The fraction of sp³-hybridized carbons (Fsp3) is 0.847. The lowest BCUT2D eigenvalue weighted by Crippen LogP contribution is -2.30. The molecule has 6 heteroatoms. The van der Waals surface area contributed by atoms with Crippen LogP contribution >= 0.6 is 0 Å². The van der Waals surface area contributed by atoms with Crippen molar-refractivity contribution in [1.82, 2.24) is 0 Å². The molecule has 0 spiro atoms. The topological polar surface area (TPSA) is 78.9 Å². The second-order valence-corrected chi connectivity index (χ2v) is 19.2. The lowest BCUT2D eigenvalue weighted by Gasteiger charge is -2.18. The van der Waals surface area contributed by atoms with E-state index in [9.17, 15) is 14.4 Å². The minimum absolute atomic E-state index is 0.0715. The second-order valence-electron chi connectivity index (χ2n) is 19.2. The van der Waals surface area contributed by atoms with Crippen LogP contribution in [0.25, 0.3) is 0 Å². The standard InChI is InChI=1S/C59H108O6/c1-4-7-10-13-16-19-22-25-27-28-29-30-32-34-37-40-43-46-49-52-58(61)64-55-56(54-63-57(60)51-48-45-42-39-36-33-24-21-18-15-12-9-6-3)65-59(62)53-50-47-44-41-38-35-31-26-23-20-17-14-11-8-5-2/h16,19,25,27,29-30,56H,4-15,17-18,20-24,26,28,31-55H2,1-3H3/b19-16-,27-25-,30-29-/t56-/m1/s1. The lowest BCUT2D eigenvalue weighted by molar-refractivity contribution is -0.167. The molecule has 0 N–H and O–H groups in total. The van der Waals surface area contributed by atoms with Gasteiger partial charge < -0.3 is 14.2 Å². The summed E-state index contributed by atoms with van der Waals surface area (Å²) in [4.78, 5) is 38.1. The van der Waals surface area contributed by atoms with Crippen molar-refractivity contribution in [2.24, 2.45) is 0 Å². The molecule has 65 heavy (non-hydrogen) atoms. The summed E-state index contributed by atoms with van der Waals surface area (Å²) in [6.45, 7) is 6.64. The van der Waals surface area contributed by atoms with E-state index in [0.717, 1.165) is 77.0 Å². The summed E-state index contributed by atoms with van der Waals surface area (Å²) >= 11 is 0. The van der Waals surface area contributed by atoms with E-state index in [1.165, 1.54) is 186 Å². The van der Waals surface area contributed by atoms with Crippen LogP contribution in [0, 0.1) is 0 Å². The molecule has 0 radical (unpaired) electrons. The third kappa shape index (κ3) is 52.5. The van der Waals surface area contributed by atoms with E-state index in [-0.39, 0.29) is 31.1 Å². The number of hydrogen-bond donors (Lipinski definition) is 0. The molecule has 0 fully saturated rings. The van der Waals surface area contributed by atoms with E-state index in [0.29, 0.717) is 19.3 Å². The first-order chi connectivity index (χ1) is 32.0. The van der Waals surface area contributed by atoms with Gasteiger partial charge in [-0.05, 0) is 57.8 Å². The minimum Gasteiger partial charge on any atom is -0.462 e. The smallest absolute Gasteiger partial charge is 0.306 e. The number of carbonyl (C=O) groups excluding carboxylic acids is 3. The van der Waals surface area contributed by atoms with Gasteiger partial charge in [0.15, 0.2) is 6.10 Å². The first-order valence-electron chi connectivity index (χ1n) is 28.5. The molecule has 0 aromatic heterocycles. The van der Waals surface area contributed by atoms with Crippen LogP contribution in [-0.4, -0.2) is 37.2 Å². The second kappa shape index (κ2) is 54.2. The predicted octanol–water partition coefficient (Wildman–Crippen LogP) is 18.9. The van der Waals surface area contributed by atoms with E-state index in [2.05, 4.69) is 57.2 Å². The summed E-state index contributed by atoms with van der Waals surface area (Å²) in [6, 6.07) is 0. The Morgan fingerprint density at radius 1 is 0.308 bits per heavy atom. The van der Waals surface area contributed by atoms with Gasteiger partial charge in [0.2, 0.25) is 0 Å². The number of allylic oxidation sites excluding steroid dienone is 6. The van der Waals surface area contributed by atoms with Crippen molar-refractivity contribution in [3.8, 4) is 0 Å². The molecular formula is C59H108O6. The monoisotopic (exact) mass is 913 g/mol. The molecule has 0 saturated carbocycles. The number of hydrogen-bond acceptors (Lipinski definition) is 6. The van der Waals surface area contributed by atoms with Gasteiger partial charge in [-0.1, -0.05) is 263 Å². The summed E-state index contributed by atoms with van der Waals surface area (Å²) in [7, 11) is 0. The third-order valence-corrected chi connectivity index (χ3v) is 12.6. The maximum Gasteiger partial charge on any atom is 0.306 e. The Morgan fingerprint density at radius 2 is 0.554 bits per heavy atom. The van der Waals surface area contributed by atoms with E-state index in [1.54, 1.807) is 0 Å². The molecule has 0 heterocycles. The number of carbonyl (C=O) groups is 3. The minimum atomic E-state index is -0.772. The largest absolute Gasteiger partial charge is 0.462 e. The highest BCUT2D eigenvalue weighted by Crippen LogP contribution is 2.16. The highest BCUT2D eigenvalue weighted by molar-refractivity contribution is 5.71. The highest BCUT2D eigenvalue weighted by atomic mass is 16.6. The van der Waals surface area contributed by atoms with Crippen molar-refractivity contribution in [2.75, 3.05) is 13.2 Å². The summed E-state index contributed by atoms with van der Waals surface area (Å²) in [5.41, 5.74) is 0. The van der Waals surface area contributed by atoms with Gasteiger partial charge in [-0.2, -0.15) is 0 Å². The molecule has 0 saturated heterocycles. The normalized spacial score (nSPS) is 12.2. The van der Waals surface area contributed by atoms with Crippen molar-refractivity contribution in [3.05, 3.63) is 36.5 Å². The summed E-state index contributed by atoms with van der Waals surface area (Å²) in [6.07, 6.45) is 64.1. The Hall–Kier alpha value is -2.37. The zero-order valence-corrected chi connectivity index (χ0v) is 43.5. The van der Waals surface area contributed by atoms with Crippen LogP contribution in [0.4, 0.5) is 0 Å². The predicted molar refractivity (Wildman–Crippen MR) is 279 cm³/mol. The SMILES string of the molecule is CCCCC/C=C\C/C=C\C/C=C\CCCCCCCCC(=O)OC[C@@H](COC(=O)CCCCCCCCCCCCCCC)OC(=O)CCCCCCCCCCCCCCCCC. The molecule has 0 bridgehead atoms. The quantitative estimate of drug-likeness (QED) is 0.0262. The zero-order chi connectivity index (χ0) is 47.2. The molecule has 6 nitrogen and oxygen atoms in total. The first kappa shape index (κ1) is 62.6. The molecule has 0 aromatic rings. The number of ether oxygens (including phenoxy) is 3. The summed E-state index contributed by atoms with van der Waals surface area (Å²) in [5.74, 6) is -0.867. The molecule has 1 atom stereocenters. The van der Waals surface area contributed by atoms with E-state index >= 15 is 0 Å². The maximum absolute atomic E-state index is 12.8. The van der Waals surface area contributed by atoms with Gasteiger partial charge in [0.25, 0.3) is 0 Å². The Balaban J connectivity index is 4.35. The van der Waals surface area contributed by atoms with Gasteiger partial charge in [-0.3, -0.25) is 14.4 Å². The van der Waals surface area contributed by atoms with Crippen molar-refractivity contribution < 1.29 is 28.6 Å². The highest BCUT2D eigenvalue weighted by Gasteiger charge is 2.19. The van der Waals surface area contributed by atoms with Gasteiger partial charge in [-0.25, -0.2) is 0 Å². The molecule has 0 rings (SSSR count). The van der Waals surface area contributed by atoms with Crippen LogP contribution in [0.3, 0.4) is 0 Å². The Kier molecular flexibility index (Phi) is 52.3. The average molecular weight is 914 g/mol. The molecular weight excluding hydrogens is 805 g/mol. The van der Waals surface area contributed by atoms with Crippen LogP contribution in [0.1, 0.15) is 303 Å². The summed E-state index contributed by atoms with van der Waals surface area (Å²) in [5, 5.41) is 0. The summed E-state index contributed by atoms with van der Waals surface area (Å²) < 4.78 is 16.9. The number of rotatable bonds is 52. The van der Waals surface area contributed by atoms with Crippen molar-refractivity contribution in [1.29, 1.82) is 0 Å². The Morgan fingerprint density at radius 3 is 0.892 bits per heavy atom. The van der Waals surface area contributed by atoms with Gasteiger partial charge in [0.05, 0.1) is 0 Å². The number of esters is 3. The fourth-order valence-electron chi connectivity index (χ4n) is 8.33. The van der Waals surface area contributed by atoms with Crippen molar-refractivity contribution in [2.45, 2.75) is 309 Å². The van der Waals surface area contributed by atoms with E-state index < -0.39 is 6.10 Å². The third-order valence-electron chi connectivity index (χ3n) is 12.6. The van der Waals surface area contributed by atoms with Crippen LogP contribution < -0.4 is 0 Å². The van der Waals surface area contributed by atoms with Gasteiger partial charge in [-0.15, -0.1) is 0 Å². The molecule has 0 aliphatic carbocycles. The van der Waals surface area contributed by atoms with Crippen molar-refractivity contribution in [3.63, 3.8) is 0 Å². The van der Waals surface area contributed by atoms with Gasteiger partial charge in [0, 0.05) is 19.3 Å². The van der Waals surface area contributed by atoms with Crippen LogP contribution in [-0.2, 0) is 28.6 Å². The molecule has 0 unspecified atom stereocenters. The lowest BCUT2D eigenvalue weighted by atomic mass is 10.0. The van der Waals surface area contributed by atoms with Crippen LogP contribution in [0.5, 0.6) is 0 Å². The van der Waals surface area contributed by atoms with Gasteiger partial charge in [0.1, 0.15) is 13.2 Å². The molecule has 0 aromatic carbocycles. The fourth-order valence-corrected chi connectivity index (χ4v) is 8.33. The molecule has 0 amide bonds. The van der Waals surface area contributed by atoms with Crippen LogP contribution in [0.2, 0.25) is 0 Å². The number of unbranched alkanes of at least 4 members (excludes halogenated alkanes) is 35. The average Bonchev–Trinajstić information content (AvgIpc) is 3.30. The van der Waals surface area contributed by atoms with Crippen molar-refractivity contribution >= 4 is 17.9 Å². The Labute approximate surface area is 404 Å². The van der Waals surface area contributed by atoms with E-state index in [1.807, 2.05) is 0 Å². The molecule has 380 valence electrons. The Bertz CT molecular complexity index is 1090. The van der Waals surface area contributed by atoms with Gasteiger partial charge >= 0.3 is 17.9 Å². The maximum atomic E-state index is 12.8. The molecule has 0 aliphatic rings. The van der Waals surface area contributed by atoms with E-state index in [4.69, 9.17) is 14.2 Å². The van der Waals surface area contributed by atoms with Crippen LogP contribution in [0.15, 0.2) is 36.5 Å². The molecule has 0 aliphatic heterocycles. The first-order valence-corrected chi connectivity index (χ1v) is 28.5.